The van der Waals surface area contributed by atoms with Crippen molar-refractivity contribution in [3.63, 3.8) is 0 Å². The highest BCUT2D eigenvalue weighted by Crippen LogP contribution is 2.20. The Morgan fingerprint density at radius 1 is 1.24 bits per heavy atom. The van der Waals surface area contributed by atoms with Gasteiger partial charge in [-0.2, -0.15) is 0 Å². The van der Waals surface area contributed by atoms with Gasteiger partial charge in [0.1, 0.15) is 11.3 Å². The van der Waals surface area contributed by atoms with Gasteiger partial charge in [-0.05, 0) is 25.0 Å². The number of carbonyl (C=O) groups excluding carboxylic acids is 1. The predicted octanol–water partition coefficient (Wildman–Crippen LogP) is 3.65. The Bertz CT molecular complexity index is 331. The van der Waals surface area contributed by atoms with Crippen LogP contribution in [0.4, 0.5) is 0 Å². The first-order valence-corrected chi connectivity index (χ1v) is 6.39. The molecule has 17 heavy (non-hydrogen) atoms. The molecule has 1 aromatic rings. The summed E-state index contributed by atoms with van der Waals surface area (Å²) in [5.74, 6) is 0.509. The second-order valence-electron chi connectivity index (χ2n) is 3.86. The third-order valence-corrected chi connectivity index (χ3v) is 2.72. The van der Waals surface area contributed by atoms with Crippen molar-refractivity contribution >= 4 is 17.9 Å². The summed E-state index contributed by atoms with van der Waals surface area (Å²) in [6.45, 7) is 0.643. The number of carbonyl (C=O) groups is 1. The number of hydrogen-bond acceptors (Lipinski definition) is 3. The molecule has 0 saturated carbocycles. The summed E-state index contributed by atoms with van der Waals surface area (Å²) < 4.78 is 5.47. The first kappa shape index (κ1) is 14.0. The van der Waals surface area contributed by atoms with E-state index >= 15 is 0 Å². The minimum absolute atomic E-state index is 0.509. The van der Waals surface area contributed by atoms with Crippen molar-refractivity contribution in [1.29, 1.82) is 0 Å². The SMILES string of the molecule is O=CCCCCCCCOc1ncccc1Cl. The molecule has 0 N–H and O–H groups in total. The molecule has 94 valence electrons. The van der Waals surface area contributed by atoms with E-state index in [1.165, 1.54) is 0 Å². The van der Waals surface area contributed by atoms with Crippen LogP contribution in [0.2, 0.25) is 5.02 Å². The molecular formula is C13H18ClNO2. The number of hydrogen-bond donors (Lipinski definition) is 0. The maximum Gasteiger partial charge on any atom is 0.232 e. The fourth-order valence-electron chi connectivity index (χ4n) is 1.51. The van der Waals surface area contributed by atoms with Crippen LogP contribution in [0.15, 0.2) is 18.3 Å². The molecule has 0 unspecified atom stereocenters. The minimum Gasteiger partial charge on any atom is -0.477 e. The Morgan fingerprint density at radius 2 is 2.00 bits per heavy atom. The number of rotatable bonds is 9. The smallest absolute Gasteiger partial charge is 0.232 e. The van der Waals surface area contributed by atoms with Crippen molar-refractivity contribution in [2.75, 3.05) is 6.61 Å². The lowest BCUT2D eigenvalue weighted by Gasteiger charge is -2.06. The average molecular weight is 256 g/mol. The summed E-state index contributed by atoms with van der Waals surface area (Å²) in [6, 6.07) is 3.55. The molecule has 3 nitrogen and oxygen atoms in total. The van der Waals surface area contributed by atoms with Gasteiger partial charge in [0, 0.05) is 12.6 Å². The molecule has 4 heteroatoms. The molecule has 0 aromatic carbocycles. The van der Waals surface area contributed by atoms with Gasteiger partial charge in [0.15, 0.2) is 0 Å². The topological polar surface area (TPSA) is 39.2 Å². The van der Waals surface area contributed by atoms with Crippen LogP contribution >= 0.6 is 11.6 Å². The highest BCUT2D eigenvalue weighted by molar-refractivity contribution is 6.31. The van der Waals surface area contributed by atoms with Gasteiger partial charge >= 0.3 is 0 Å². The van der Waals surface area contributed by atoms with Crippen LogP contribution in [-0.4, -0.2) is 17.9 Å². The zero-order valence-electron chi connectivity index (χ0n) is 9.90. The van der Waals surface area contributed by atoms with Crippen molar-refractivity contribution in [3.05, 3.63) is 23.4 Å². The highest BCUT2D eigenvalue weighted by atomic mass is 35.5. The first-order valence-electron chi connectivity index (χ1n) is 6.01. The number of aromatic nitrogens is 1. The first-order chi connectivity index (χ1) is 8.34. The second kappa shape index (κ2) is 8.99. The van der Waals surface area contributed by atoms with Crippen LogP contribution in [0, 0.1) is 0 Å². The van der Waals surface area contributed by atoms with Crippen molar-refractivity contribution in [2.45, 2.75) is 38.5 Å². The predicted molar refractivity (Wildman–Crippen MR) is 68.5 cm³/mol. The fourth-order valence-corrected chi connectivity index (χ4v) is 1.68. The molecule has 1 heterocycles. The summed E-state index contributed by atoms with van der Waals surface area (Å²) in [7, 11) is 0. The number of aldehydes is 1. The van der Waals surface area contributed by atoms with Crippen LogP contribution < -0.4 is 4.74 Å². The Kier molecular flexibility index (Phi) is 7.39. The van der Waals surface area contributed by atoms with E-state index in [1.54, 1.807) is 18.3 Å². The second-order valence-corrected chi connectivity index (χ2v) is 4.27. The van der Waals surface area contributed by atoms with Gasteiger partial charge in [-0.1, -0.05) is 30.9 Å². The largest absolute Gasteiger partial charge is 0.477 e. The van der Waals surface area contributed by atoms with E-state index in [0.29, 0.717) is 23.9 Å². The van der Waals surface area contributed by atoms with Crippen LogP contribution in [0.5, 0.6) is 5.88 Å². The maximum absolute atomic E-state index is 10.1. The Labute approximate surface area is 107 Å². The molecule has 0 amide bonds. The molecule has 0 aliphatic heterocycles. The summed E-state index contributed by atoms with van der Waals surface area (Å²) in [6.07, 6.45) is 8.69. The molecule has 0 spiro atoms. The Morgan fingerprint density at radius 3 is 2.76 bits per heavy atom. The number of halogens is 1. The third-order valence-electron chi connectivity index (χ3n) is 2.43. The van der Waals surface area contributed by atoms with Crippen molar-refractivity contribution in [2.24, 2.45) is 0 Å². The van der Waals surface area contributed by atoms with Crippen molar-refractivity contribution < 1.29 is 9.53 Å². The van der Waals surface area contributed by atoms with Crippen molar-refractivity contribution in [1.82, 2.24) is 4.98 Å². The molecule has 0 radical (unpaired) electrons. The van der Waals surface area contributed by atoms with Gasteiger partial charge in [0.2, 0.25) is 5.88 Å². The van der Waals surface area contributed by atoms with Gasteiger partial charge in [0.25, 0.3) is 0 Å². The van der Waals surface area contributed by atoms with Crippen LogP contribution in [0.3, 0.4) is 0 Å². The lowest BCUT2D eigenvalue weighted by molar-refractivity contribution is -0.107. The normalized spacial score (nSPS) is 10.2. The van der Waals surface area contributed by atoms with Crippen LogP contribution in [0.25, 0.3) is 0 Å². The average Bonchev–Trinajstić information content (AvgIpc) is 2.35. The van der Waals surface area contributed by atoms with Crippen LogP contribution in [-0.2, 0) is 4.79 Å². The van der Waals surface area contributed by atoms with E-state index in [2.05, 4.69) is 4.98 Å². The van der Waals surface area contributed by atoms with Gasteiger partial charge in [0.05, 0.1) is 6.61 Å². The molecular weight excluding hydrogens is 238 g/mol. The molecule has 0 fully saturated rings. The minimum atomic E-state index is 0.509. The summed E-state index contributed by atoms with van der Waals surface area (Å²) in [4.78, 5) is 14.1. The van der Waals surface area contributed by atoms with E-state index in [0.717, 1.165) is 38.4 Å². The third kappa shape index (κ3) is 6.27. The zero-order valence-corrected chi connectivity index (χ0v) is 10.7. The zero-order chi connectivity index (χ0) is 12.3. The number of pyridine rings is 1. The quantitative estimate of drug-likeness (QED) is 0.499. The molecule has 1 aromatic heterocycles. The van der Waals surface area contributed by atoms with E-state index in [4.69, 9.17) is 16.3 Å². The molecule has 0 aliphatic carbocycles. The summed E-state index contributed by atoms with van der Waals surface area (Å²) in [5, 5.41) is 0.554. The summed E-state index contributed by atoms with van der Waals surface area (Å²) in [5.41, 5.74) is 0. The van der Waals surface area contributed by atoms with Gasteiger partial charge in [-0.25, -0.2) is 4.98 Å². The molecule has 0 atom stereocenters. The Hall–Kier alpha value is -1.09. The van der Waals surface area contributed by atoms with Gasteiger partial charge < -0.3 is 9.53 Å². The van der Waals surface area contributed by atoms with Crippen LogP contribution in [0.1, 0.15) is 38.5 Å². The Balaban J connectivity index is 2.01. The monoisotopic (exact) mass is 255 g/mol. The molecule has 1 rings (SSSR count). The van der Waals surface area contributed by atoms with E-state index in [-0.39, 0.29) is 0 Å². The lowest BCUT2D eigenvalue weighted by atomic mass is 10.1. The lowest BCUT2D eigenvalue weighted by Crippen LogP contribution is -1.99. The molecule has 0 bridgehead atoms. The molecule has 0 saturated heterocycles. The number of nitrogens with zero attached hydrogens (tertiary/aromatic N) is 1. The summed E-state index contributed by atoms with van der Waals surface area (Å²) >= 11 is 5.90. The standard InChI is InChI=1S/C13H18ClNO2/c14-12-8-7-9-15-13(12)17-11-6-4-2-1-3-5-10-16/h7-10H,1-6,11H2. The molecule has 0 aliphatic rings. The maximum atomic E-state index is 10.1. The fraction of sp³-hybridized carbons (Fsp3) is 0.538. The van der Waals surface area contributed by atoms with Crippen molar-refractivity contribution in [3.8, 4) is 5.88 Å². The van der Waals surface area contributed by atoms with E-state index in [1.807, 2.05) is 0 Å². The van der Waals surface area contributed by atoms with Gasteiger partial charge in [-0.3, -0.25) is 0 Å². The number of unbranched alkanes of at least 4 members (excludes halogenated alkanes) is 5. The highest BCUT2D eigenvalue weighted by Gasteiger charge is 2.00. The van der Waals surface area contributed by atoms with E-state index in [9.17, 15) is 4.79 Å². The van der Waals surface area contributed by atoms with Gasteiger partial charge in [-0.15, -0.1) is 0 Å². The van der Waals surface area contributed by atoms with E-state index < -0.39 is 0 Å². The number of ether oxygens (including phenoxy) is 1.